The maximum absolute atomic E-state index is 13.9. The van der Waals surface area contributed by atoms with Crippen LogP contribution in [-0.2, 0) is 19.5 Å². The number of hydrogen-bond donors (Lipinski definition) is 0. The van der Waals surface area contributed by atoms with Crippen molar-refractivity contribution in [3.8, 4) is 5.69 Å². The molecule has 0 unspecified atom stereocenters. The van der Waals surface area contributed by atoms with E-state index in [0.717, 1.165) is 55.8 Å². The lowest BCUT2D eigenvalue weighted by molar-refractivity contribution is 0.0726. The molecule has 0 saturated heterocycles. The summed E-state index contributed by atoms with van der Waals surface area (Å²) in [7, 11) is 0. The fraction of sp³-hybridized carbons (Fsp3) is 0.360. The second-order valence-electron chi connectivity index (χ2n) is 8.55. The van der Waals surface area contributed by atoms with Gasteiger partial charge in [-0.3, -0.25) is 9.69 Å². The van der Waals surface area contributed by atoms with Crippen molar-refractivity contribution in [3.05, 3.63) is 82.7 Å². The number of rotatable bonds is 6. The van der Waals surface area contributed by atoms with Crippen molar-refractivity contribution in [2.75, 3.05) is 13.1 Å². The second-order valence-corrected chi connectivity index (χ2v) is 8.55. The van der Waals surface area contributed by atoms with Crippen LogP contribution >= 0.6 is 0 Å². The lowest BCUT2D eigenvalue weighted by Crippen LogP contribution is -2.34. The van der Waals surface area contributed by atoms with Crippen LogP contribution in [0.1, 0.15) is 47.1 Å². The van der Waals surface area contributed by atoms with Crippen LogP contribution < -0.4 is 0 Å². The molecule has 1 aliphatic heterocycles. The van der Waals surface area contributed by atoms with E-state index >= 15 is 0 Å². The van der Waals surface area contributed by atoms with Crippen molar-refractivity contribution in [2.45, 2.75) is 45.3 Å². The van der Waals surface area contributed by atoms with Crippen LogP contribution in [0.3, 0.4) is 0 Å². The number of carbonyl (C=O) groups is 1. The van der Waals surface area contributed by atoms with Crippen LogP contribution in [-0.4, -0.2) is 44.6 Å². The third-order valence-corrected chi connectivity index (χ3v) is 6.38. The van der Waals surface area contributed by atoms with Gasteiger partial charge in [-0.15, -0.1) is 0 Å². The van der Waals surface area contributed by atoms with Gasteiger partial charge in [0.1, 0.15) is 11.6 Å². The van der Waals surface area contributed by atoms with E-state index in [4.69, 9.17) is 5.10 Å². The van der Waals surface area contributed by atoms with Crippen molar-refractivity contribution in [3.63, 3.8) is 0 Å². The number of halogens is 2. The predicted octanol–water partition coefficient (Wildman–Crippen LogP) is 4.33. The van der Waals surface area contributed by atoms with Gasteiger partial charge in [0.05, 0.1) is 23.6 Å². The monoisotopic (exact) mass is 436 g/mol. The third-order valence-electron chi connectivity index (χ3n) is 6.38. The van der Waals surface area contributed by atoms with Crippen molar-refractivity contribution < 1.29 is 13.6 Å². The first-order chi connectivity index (χ1) is 15.5. The average Bonchev–Trinajstić information content (AvgIpc) is 3.58. The Morgan fingerprint density at radius 2 is 1.91 bits per heavy atom. The Hall–Kier alpha value is -3.06. The summed E-state index contributed by atoms with van der Waals surface area (Å²) in [6, 6.07) is 12.3. The van der Waals surface area contributed by atoms with E-state index in [-0.39, 0.29) is 23.6 Å². The number of aromatic nitrogens is 2. The lowest BCUT2D eigenvalue weighted by Gasteiger charge is -2.27. The molecule has 5 nitrogen and oxygen atoms in total. The van der Waals surface area contributed by atoms with Gasteiger partial charge in [-0.1, -0.05) is 13.0 Å². The molecule has 0 N–H and O–H groups in total. The van der Waals surface area contributed by atoms with E-state index in [1.165, 1.54) is 36.4 Å². The van der Waals surface area contributed by atoms with Gasteiger partial charge in [0, 0.05) is 36.7 Å². The number of likely N-dealkylation sites (N-methyl/N-ethyl adjacent to an activating group) is 1. The third kappa shape index (κ3) is 4.05. The highest BCUT2D eigenvalue weighted by molar-refractivity contribution is 5.94. The van der Waals surface area contributed by atoms with Gasteiger partial charge in [0.25, 0.3) is 5.91 Å². The van der Waals surface area contributed by atoms with Gasteiger partial charge < -0.3 is 4.90 Å². The molecule has 32 heavy (non-hydrogen) atoms. The number of hydrogen-bond acceptors (Lipinski definition) is 3. The molecule has 0 radical (unpaired) electrons. The molecule has 3 aromatic rings. The van der Waals surface area contributed by atoms with E-state index in [0.29, 0.717) is 17.8 Å². The van der Waals surface area contributed by atoms with Gasteiger partial charge >= 0.3 is 0 Å². The molecule has 5 rings (SSSR count). The smallest absolute Gasteiger partial charge is 0.254 e. The molecule has 2 aliphatic rings. The molecule has 1 fully saturated rings. The zero-order valence-electron chi connectivity index (χ0n) is 18.1. The Morgan fingerprint density at radius 1 is 1.12 bits per heavy atom. The van der Waals surface area contributed by atoms with Gasteiger partial charge in [-0.05, 0) is 61.9 Å². The van der Waals surface area contributed by atoms with Crippen LogP contribution in [0.15, 0.2) is 48.5 Å². The summed E-state index contributed by atoms with van der Waals surface area (Å²) in [5, 5.41) is 4.88. The Labute approximate surface area is 186 Å². The zero-order valence-corrected chi connectivity index (χ0v) is 18.1. The highest BCUT2D eigenvalue weighted by Crippen LogP contribution is 2.32. The van der Waals surface area contributed by atoms with Crippen LogP contribution in [0.25, 0.3) is 5.69 Å². The minimum atomic E-state index is -0.359. The van der Waals surface area contributed by atoms with Gasteiger partial charge in [0.2, 0.25) is 0 Å². The Balaban J connectivity index is 1.51. The van der Waals surface area contributed by atoms with E-state index in [9.17, 15) is 13.6 Å². The average molecular weight is 437 g/mol. The number of amides is 1. The predicted molar refractivity (Wildman–Crippen MR) is 117 cm³/mol. The number of benzene rings is 2. The van der Waals surface area contributed by atoms with Crippen molar-refractivity contribution in [1.29, 1.82) is 0 Å². The van der Waals surface area contributed by atoms with E-state index in [1.807, 2.05) is 15.6 Å². The fourth-order valence-electron chi connectivity index (χ4n) is 4.43. The molecular weight excluding hydrogens is 410 g/mol. The summed E-state index contributed by atoms with van der Waals surface area (Å²) in [5.41, 5.74) is 4.23. The molecule has 166 valence electrons. The molecule has 0 atom stereocenters. The van der Waals surface area contributed by atoms with Crippen molar-refractivity contribution >= 4 is 5.91 Å². The summed E-state index contributed by atoms with van der Waals surface area (Å²) in [4.78, 5) is 17.5. The maximum atomic E-state index is 13.9. The Kier molecular flexibility index (Phi) is 5.51. The summed E-state index contributed by atoms with van der Waals surface area (Å²) in [6.45, 7) is 5.15. The Bertz CT molecular complexity index is 1140. The molecule has 0 bridgehead atoms. The first kappa shape index (κ1) is 20.8. The van der Waals surface area contributed by atoms with Crippen molar-refractivity contribution in [1.82, 2.24) is 19.6 Å². The molecule has 2 heterocycles. The SMILES string of the molecule is CCN1CCc2c(c(CN(C(=O)c3ccc(F)cc3)C3CC3)nn2-c2cccc(F)c2)C1. The normalized spacial score (nSPS) is 16.1. The molecule has 0 spiro atoms. The molecule has 1 amide bonds. The van der Waals surface area contributed by atoms with E-state index in [2.05, 4.69) is 11.8 Å². The van der Waals surface area contributed by atoms with E-state index in [1.54, 1.807) is 6.07 Å². The summed E-state index contributed by atoms with van der Waals surface area (Å²) < 4.78 is 29.1. The topological polar surface area (TPSA) is 41.4 Å². The molecule has 7 heteroatoms. The van der Waals surface area contributed by atoms with Crippen LogP contribution in [0.5, 0.6) is 0 Å². The number of fused-ring (bicyclic) bond motifs is 1. The number of nitrogens with zero attached hydrogens (tertiary/aromatic N) is 4. The molecular formula is C25H26F2N4O. The van der Waals surface area contributed by atoms with Gasteiger partial charge in [-0.2, -0.15) is 5.10 Å². The van der Waals surface area contributed by atoms with E-state index < -0.39 is 0 Å². The second kappa shape index (κ2) is 8.47. The summed E-state index contributed by atoms with van der Waals surface area (Å²) in [6.07, 6.45) is 2.74. The zero-order chi connectivity index (χ0) is 22.2. The van der Waals surface area contributed by atoms with Gasteiger partial charge in [-0.25, -0.2) is 13.5 Å². The standard InChI is InChI=1S/C25H26F2N4O/c1-2-29-13-12-24-22(15-29)23(28-31(24)21-5-3-4-19(27)14-21)16-30(20-10-11-20)25(32)17-6-8-18(26)9-7-17/h3-9,14,20H,2,10-13,15-16H2,1H3. The minimum Gasteiger partial charge on any atom is -0.330 e. The Morgan fingerprint density at radius 3 is 2.59 bits per heavy atom. The largest absolute Gasteiger partial charge is 0.330 e. The first-order valence-corrected chi connectivity index (χ1v) is 11.2. The van der Waals surface area contributed by atoms with Crippen LogP contribution in [0.4, 0.5) is 8.78 Å². The molecule has 1 saturated carbocycles. The molecule has 1 aliphatic carbocycles. The summed E-state index contributed by atoms with van der Waals surface area (Å²) >= 11 is 0. The molecule has 1 aromatic heterocycles. The maximum Gasteiger partial charge on any atom is 0.254 e. The van der Waals surface area contributed by atoms with Crippen LogP contribution in [0, 0.1) is 11.6 Å². The number of carbonyl (C=O) groups excluding carboxylic acids is 1. The van der Waals surface area contributed by atoms with Crippen LogP contribution in [0.2, 0.25) is 0 Å². The fourth-order valence-corrected chi connectivity index (χ4v) is 4.43. The van der Waals surface area contributed by atoms with Crippen molar-refractivity contribution in [2.24, 2.45) is 0 Å². The quantitative estimate of drug-likeness (QED) is 0.578. The summed E-state index contributed by atoms with van der Waals surface area (Å²) in [5.74, 6) is -0.766. The highest BCUT2D eigenvalue weighted by atomic mass is 19.1. The molecule has 2 aromatic carbocycles. The minimum absolute atomic E-state index is 0.107. The first-order valence-electron chi connectivity index (χ1n) is 11.2. The lowest BCUT2D eigenvalue weighted by atomic mass is 10.0. The highest BCUT2D eigenvalue weighted by Gasteiger charge is 2.35. The van der Waals surface area contributed by atoms with Gasteiger partial charge in [0.15, 0.2) is 0 Å².